The van der Waals surface area contributed by atoms with E-state index in [1.807, 2.05) is 65.3 Å². The molecule has 4 aromatic rings. The Morgan fingerprint density at radius 2 is 1.57 bits per heavy atom. The van der Waals surface area contributed by atoms with Gasteiger partial charge in [-0.25, -0.2) is 9.98 Å². The first-order chi connectivity index (χ1) is 13.5. The molecule has 0 aliphatic carbocycles. The van der Waals surface area contributed by atoms with E-state index < -0.39 is 5.60 Å². The van der Waals surface area contributed by atoms with E-state index in [1.54, 1.807) is 13.8 Å². The molecular formula is C24H23N3O. The van der Waals surface area contributed by atoms with Gasteiger partial charge in [0.1, 0.15) is 5.65 Å². The lowest BCUT2D eigenvalue weighted by molar-refractivity contribution is 0.0797. The molecule has 2 aromatic heterocycles. The highest BCUT2D eigenvalue weighted by Crippen LogP contribution is 2.22. The first-order valence-corrected chi connectivity index (χ1v) is 9.37. The third-order valence-electron chi connectivity index (χ3n) is 4.52. The Bertz CT molecular complexity index is 1070. The Labute approximate surface area is 164 Å². The van der Waals surface area contributed by atoms with Gasteiger partial charge in [0.05, 0.1) is 17.0 Å². The average Bonchev–Trinajstić information content (AvgIpc) is 3.08. The molecule has 0 fully saturated rings. The maximum Gasteiger partial charge on any atom is 0.139 e. The quantitative estimate of drug-likeness (QED) is 0.513. The highest BCUT2D eigenvalue weighted by molar-refractivity contribution is 6.13. The number of imidazole rings is 1. The van der Waals surface area contributed by atoms with Crippen molar-refractivity contribution in [3.8, 4) is 0 Å². The molecule has 0 saturated heterocycles. The molecule has 28 heavy (non-hydrogen) atoms. The number of nitrogens with zero attached hydrogens (tertiary/aromatic N) is 3. The van der Waals surface area contributed by atoms with E-state index in [4.69, 9.17) is 4.99 Å². The van der Waals surface area contributed by atoms with E-state index in [2.05, 4.69) is 29.2 Å². The van der Waals surface area contributed by atoms with Crippen molar-refractivity contribution in [2.24, 2.45) is 4.99 Å². The first kappa shape index (κ1) is 18.1. The molecule has 0 saturated carbocycles. The van der Waals surface area contributed by atoms with Crippen molar-refractivity contribution in [2.75, 3.05) is 0 Å². The van der Waals surface area contributed by atoms with Gasteiger partial charge in [0.15, 0.2) is 0 Å². The highest BCUT2D eigenvalue weighted by atomic mass is 16.3. The number of hydrogen-bond acceptors (Lipinski definition) is 3. The molecule has 4 nitrogen and oxygen atoms in total. The number of aromatic nitrogens is 2. The molecule has 0 aliphatic heterocycles. The summed E-state index contributed by atoms with van der Waals surface area (Å²) in [6.45, 7) is 3.61. The molecule has 2 aromatic carbocycles. The summed E-state index contributed by atoms with van der Waals surface area (Å²) in [5, 5.41) is 10.1. The fourth-order valence-corrected chi connectivity index (χ4v) is 3.28. The van der Waals surface area contributed by atoms with Gasteiger partial charge in [-0.2, -0.15) is 0 Å². The van der Waals surface area contributed by atoms with Crippen LogP contribution in [0.25, 0.3) is 5.65 Å². The molecule has 0 unspecified atom stereocenters. The number of aliphatic hydroxyl groups is 1. The summed E-state index contributed by atoms with van der Waals surface area (Å²) in [5.74, 6) is 0. The predicted molar refractivity (Wildman–Crippen MR) is 113 cm³/mol. The van der Waals surface area contributed by atoms with Crippen molar-refractivity contribution in [3.63, 3.8) is 0 Å². The SMILES string of the molecule is CC(C)(O)Cc1cnc2cc(N=C(c3ccccc3)c3ccccc3)ccn12. The van der Waals surface area contributed by atoms with Gasteiger partial charge in [0, 0.05) is 41.7 Å². The number of rotatable bonds is 5. The highest BCUT2D eigenvalue weighted by Gasteiger charge is 2.16. The number of pyridine rings is 1. The summed E-state index contributed by atoms with van der Waals surface area (Å²) >= 11 is 0. The second-order valence-electron chi connectivity index (χ2n) is 7.54. The summed E-state index contributed by atoms with van der Waals surface area (Å²) in [4.78, 5) is 9.45. The van der Waals surface area contributed by atoms with Crippen molar-refractivity contribution in [2.45, 2.75) is 25.9 Å². The Balaban J connectivity index is 1.77. The van der Waals surface area contributed by atoms with E-state index in [9.17, 15) is 5.11 Å². The molecule has 0 amide bonds. The smallest absolute Gasteiger partial charge is 0.139 e. The van der Waals surface area contributed by atoms with E-state index >= 15 is 0 Å². The van der Waals surface area contributed by atoms with E-state index in [1.165, 1.54) is 0 Å². The van der Waals surface area contributed by atoms with Crippen LogP contribution in [-0.4, -0.2) is 25.8 Å². The Hall–Kier alpha value is -3.24. The molecule has 0 spiro atoms. The fourth-order valence-electron chi connectivity index (χ4n) is 3.28. The zero-order valence-corrected chi connectivity index (χ0v) is 16.1. The van der Waals surface area contributed by atoms with Gasteiger partial charge in [0.25, 0.3) is 0 Å². The molecule has 0 radical (unpaired) electrons. The molecule has 1 N–H and O–H groups in total. The normalized spacial score (nSPS) is 11.5. The summed E-state index contributed by atoms with van der Waals surface area (Å²) in [6.07, 6.45) is 4.32. The van der Waals surface area contributed by atoms with E-state index in [0.29, 0.717) is 6.42 Å². The number of aliphatic imine (C=N–C) groups is 1. The van der Waals surface area contributed by atoms with Gasteiger partial charge >= 0.3 is 0 Å². The topological polar surface area (TPSA) is 49.9 Å². The fraction of sp³-hybridized carbons (Fsp3) is 0.167. The monoisotopic (exact) mass is 369 g/mol. The van der Waals surface area contributed by atoms with Crippen LogP contribution in [0.2, 0.25) is 0 Å². The van der Waals surface area contributed by atoms with Crippen molar-refractivity contribution >= 4 is 17.0 Å². The third kappa shape index (κ3) is 4.02. The van der Waals surface area contributed by atoms with Gasteiger partial charge in [-0.1, -0.05) is 60.7 Å². The molecule has 0 bridgehead atoms. The lowest BCUT2D eigenvalue weighted by Gasteiger charge is -2.16. The van der Waals surface area contributed by atoms with Crippen LogP contribution in [0.15, 0.2) is 90.2 Å². The molecule has 140 valence electrons. The maximum absolute atomic E-state index is 10.1. The number of fused-ring (bicyclic) bond motifs is 1. The lowest BCUT2D eigenvalue weighted by Crippen LogP contribution is -2.22. The average molecular weight is 369 g/mol. The van der Waals surface area contributed by atoms with Crippen LogP contribution in [0.5, 0.6) is 0 Å². The zero-order valence-electron chi connectivity index (χ0n) is 16.1. The molecule has 2 heterocycles. The van der Waals surface area contributed by atoms with Crippen molar-refractivity contribution < 1.29 is 5.11 Å². The van der Waals surface area contributed by atoms with Crippen LogP contribution in [0, 0.1) is 0 Å². The van der Waals surface area contributed by atoms with Crippen molar-refractivity contribution in [1.82, 2.24) is 9.38 Å². The van der Waals surface area contributed by atoms with Crippen LogP contribution < -0.4 is 0 Å². The van der Waals surface area contributed by atoms with Gasteiger partial charge in [-0.05, 0) is 19.9 Å². The minimum atomic E-state index is -0.777. The first-order valence-electron chi connectivity index (χ1n) is 9.37. The van der Waals surface area contributed by atoms with Crippen molar-refractivity contribution in [3.05, 3.63) is 102 Å². The summed E-state index contributed by atoms with van der Waals surface area (Å²) < 4.78 is 2.00. The molecule has 0 atom stereocenters. The molecular weight excluding hydrogens is 346 g/mol. The Kier molecular flexibility index (Phi) is 4.80. The van der Waals surface area contributed by atoms with E-state index in [0.717, 1.165) is 33.9 Å². The molecule has 4 rings (SSSR count). The standard InChI is InChI=1S/C24H23N3O/c1-24(2,28)16-21-17-25-22-15-20(13-14-27(21)22)26-23(18-9-5-3-6-10-18)19-11-7-4-8-12-19/h3-15,17,28H,16H2,1-2H3. The van der Waals surface area contributed by atoms with Gasteiger partial charge in [0.2, 0.25) is 0 Å². The summed E-state index contributed by atoms with van der Waals surface area (Å²) in [7, 11) is 0. The van der Waals surface area contributed by atoms with Crippen LogP contribution >= 0.6 is 0 Å². The number of benzene rings is 2. The Morgan fingerprint density at radius 1 is 0.964 bits per heavy atom. The van der Waals surface area contributed by atoms with Gasteiger partial charge in [-0.15, -0.1) is 0 Å². The third-order valence-corrected chi connectivity index (χ3v) is 4.52. The van der Waals surface area contributed by atoms with Gasteiger partial charge < -0.3 is 9.51 Å². The second kappa shape index (κ2) is 7.41. The Morgan fingerprint density at radius 3 is 2.14 bits per heavy atom. The largest absolute Gasteiger partial charge is 0.390 e. The predicted octanol–water partition coefficient (Wildman–Crippen LogP) is 4.82. The lowest BCUT2D eigenvalue weighted by atomic mass is 10.0. The van der Waals surface area contributed by atoms with Crippen LogP contribution in [-0.2, 0) is 6.42 Å². The minimum absolute atomic E-state index is 0.538. The second-order valence-corrected chi connectivity index (χ2v) is 7.54. The maximum atomic E-state index is 10.1. The molecule has 4 heteroatoms. The summed E-state index contributed by atoms with van der Waals surface area (Å²) in [6, 6.07) is 24.3. The van der Waals surface area contributed by atoms with E-state index in [-0.39, 0.29) is 0 Å². The van der Waals surface area contributed by atoms with Crippen LogP contribution in [0.3, 0.4) is 0 Å². The van der Waals surface area contributed by atoms with Crippen LogP contribution in [0.4, 0.5) is 5.69 Å². The van der Waals surface area contributed by atoms with Gasteiger partial charge in [-0.3, -0.25) is 0 Å². The number of hydrogen-bond donors (Lipinski definition) is 1. The summed E-state index contributed by atoms with van der Waals surface area (Å²) in [5.41, 5.74) is 4.93. The van der Waals surface area contributed by atoms with Crippen molar-refractivity contribution in [1.29, 1.82) is 0 Å². The molecule has 0 aliphatic rings. The minimum Gasteiger partial charge on any atom is -0.390 e. The van der Waals surface area contributed by atoms with Crippen LogP contribution in [0.1, 0.15) is 30.7 Å². The zero-order chi connectivity index (χ0) is 19.6.